The number of H-pyrrole nitrogens is 1. The molecule has 0 spiro atoms. The normalized spacial score (nSPS) is 10.7. The number of aromatic amines is 1. The van der Waals surface area contributed by atoms with Crippen LogP contribution < -0.4 is 5.73 Å². The van der Waals surface area contributed by atoms with Gasteiger partial charge >= 0.3 is 0 Å². The van der Waals surface area contributed by atoms with Gasteiger partial charge in [-0.25, -0.2) is 9.67 Å². The van der Waals surface area contributed by atoms with E-state index in [0.717, 1.165) is 22.8 Å². The van der Waals surface area contributed by atoms with Crippen LogP contribution in [0.25, 0.3) is 16.9 Å². The average molecular weight is 239 g/mol. The van der Waals surface area contributed by atoms with Gasteiger partial charge < -0.3 is 10.7 Å². The minimum absolute atomic E-state index is 0.410. The Morgan fingerprint density at radius 2 is 2.00 bits per heavy atom. The van der Waals surface area contributed by atoms with E-state index >= 15 is 0 Å². The molecule has 0 atom stereocenters. The minimum Gasteiger partial charge on any atom is -0.341 e. The zero-order valence-electron chi connectivity index (χ0n) is 9.74. The van der Waals surface area contributed by atoms with Gasteiger partial charge in [-0.1, -0.05) is 18.2 Å². The van der Waals surface area contributed by atoms with Crippen molar-refractivity contribution >= 4 is 0 Å². The number of rotatable bonds is 3. The number of nitrogens with two attached hydrogens (primary N) is 1. The molecule has 0 aliphatic carbocycles. The molecule has 5 heteroatoms. The number of nitrogens with one attached hydrogen (secondary N) is 1. The summed E-state index contributed by atoms with van der Waals surface area (Å²) in [6.07, 6.45) is 5.54. The predicted octanol–water partition coefficient (Wildman–Crippen LogP) is 1.72. The van der Waals surface area contributed by atoms with Crippen LogP contribution in [0.4, 0.5) is 0 Å². The highest BCUT2D eigenvalue weighted by atomic mass is 15.3. The van der Waals surface area contributed by atoms with Crippen molar-refractivity contribution in [3.05, 3.63) is 54.7 Å². The van der Waals surface area contributed by atoms with E-state index in [-0.39, 0.29) is 0 Å². The van der Waals surface area contributed by atoms with Gasteiger partial charge in [0.1, 0.15) is 5.82 Å². The molecule has 2 heterocycles. The lowest BCUT2D eigenvalue weighted by Gasteiger charge is -1.98. The van der Waals surface area contributed by atoms with Gasteiger partial charge in [0, 0.05) is 11.8 Å². The summed E-state index contributed by atoms with van der Waals surface area (Å²) in [6, 6.07) is 9.97. The van der Waals surface area contributed by atoms with Crippen molar-refractivity contribution in [1.82, 2.24) is 19.7 Å². The average Bonchev–Trinajstić information content (AvgIpc) is 3.08. The smallest absolute Gasteiger partial charge is 0.120 e. The standard InChI is InChI=1S/C13H13N5/c14-6-13-15-8-12(17-13)10-7-16-18(9-10)11-4-2-1-3-5-11/h1-5,7-9H,6,14H2,(H,15,17). The Labute approximate surface area is 104 Å². The monoisotopic (exact) mass is 239 g/mol. The lowest BCUT2D eigenvalue weighted by atomic mass is 10.3. The number of imidazole rings is 1. The van der Waals surface area contributed by atoms with Crippen molar-refractivity contribution in [2.45, 2.75) is 6.54 Å². The van der Waals surface area contributed by atoms with E-state index in [1.807, 2.05) is 41.2 Å². The van der Waals surface area contributed by atoms with Crippen molar-refractivity contribution in [2.75, 3.05) is 0 Å². The molecule has 2 aromatic heterocycles. The fourth-order valence-electron chi connectivity index (χ4n) is 1.80. The molecule has 3 aromatic rings. The van der Waals surface area contributed by atoms with Crippen molar-refractivity contribution in [2.24, 2.45) is 5.73 Å². The van der Waals surface area contributed by atoms with Crippen LogP contribution in [0.3, 0.4) is 0 Å². The highest BCUT2D eigenvalue weighted by Gasteiger charge is 2.05. The molecule has 3 rings (SSSR count). The Balaban J connectivity index is 1.94. The Kier molecular flexibility index (Phi) is 2.66. The molecule has 0 bridgehead atoms. The number of hydrogen-bond acceptors (Lipinski definition) is 3. The number of para-hydroxylation sites is 1. The molecule has 90 valence electrons. The highest BCUT2D eigenvalue weighted by Crippen LogP contribution is 2.17. The summed E-state index contributed by atoms with van der Waals surface area (Å²) in [5.41, 5.74) is 8.47. The van der Waals surface area contributed by atoms with E-state index in [4.69, 9.17) is 5.73 Å². The van der Waals surface area contributed by atoms with E-state index in [9.17, 15) is 0 Å². The molecule has 0 radical (unpaired) electrons. The quantitative estimate of drug-likeness (QED) is 0.731. The summed E-state index contributed by atoms with van der Waals surface area (Å²) >= 11 is 0. The van der Waals surface area contributed by atoms with Crippen molar-refractivity contribution in [1.29, 1.82) is 0 Å². The molecule has 0 fully saturated rings. The molecule has 5 nitrogen and oxygen atoms in total. The molecule has 0 saturated carbocycles. The molecule has 18 heavy (non-hydrogen) atoms. The third kappa shape index (κ3) is 1.91. The van der Waals surface area contributed by atoms with Crippen LogP contribution >= 0.6 is 0 Å². The largest absolute Gasteiger partial charge is 0.341 e. The zero-order chi connectivity index (χ0) is 12.4. The van der Waals surface area contributed by atoms with Gasteiger partial charge in [0.2, 0.25) is 0 Å². The molecule has 1 aromatic carbocycles. The maximum Gasteiger partial charge on any atom is 0.120 e. The fraction of sp³-hybridized carbons (Fsp3) is 0.0769. The molecule has 0 saturated heterocycles. The number of nitrogens with zero attached hydrogens (tertiary/aromatic N) is 3. The molecule has 0 unspecified atom stereocenters. The minimum atomic E-state index is 0.410. The highest BCUT2D eigenvalue weighted by molar-refractivity contribution is 5.57. The van der Waals surface area contributed by atoms with Crippen molar-refractivity contribution in [3.63, 3.8) is 0 Å². The first-order valence-electron chi connectivity index (χ1n) is 5.71. The molecule has 0 aliphatic rings. The van der Waals surface area contributed by atoms with Crippen molar-refractivity contribution in [3.8, 4) is 16.9 Å². The first kappa shape index (κ1) is 10.7. The lowest BCUT2D eigenvalue weighted by molar-refractivity contribution is 0.880. The third-order valence-electron chi connectivity index (χ3n) is 2.74. The molecular weight excluding hydrogens is 226 g/mol. The first-order valence-corrected chi connectivity index (χ1v) is 5.71. The van der Waals surface area contributed by atoms with Crippen LogP contribution in [0.15, 0.2) is 48.9 Å². The number of aromatic nitrogens is 4. The fourth-order valence-corrected chi connectivity index (χ4v) is 1.80. The summed E-state index contributed by atoms with van der Waals surface area (Å²) in [5.74, 6) is 0.775. The van der Waals surface area contributed by atoms with Gasteiger partial charge in [-0.3, -0.25) is 0 Å². The van der Waals surface area contributed by atoms with Crippen LogP contribution in [-0.4, -0.2) is 19.7 Å². The van der Waals surface area contributed by atoms with Crippen LogP contribution in [-0.2, 0) is 6.54 Å². The van der Waals surface area contributed by atoms with E-state index in [0.29, 0.717) is 6.54 Å². The lowest BCUT2D eigenvalue weighted by Crippen LogP contribution is -1.97. The molecule has 3 N–H and O–H groups in total. The summed E-state index contributed by atoms with van der Waals surface area (Å²) in [7, 11) is 0. The Hall–Kier alpha value is -2.40. The zero-order valence-corrected chi connectivity index (χ0v) is 9.74. The van der Waals surface area contributed by atoms with E-state index in [2.05, 4.69) is 15.1 Å². The van der Waals surface area contributed by atoms with Gasteiger partial charge in [-0.05, 0) is 12.1 Å². The molecule has 0 amide bonds. The van der Waals surface area contributed by atoms with Crippen molar-refractivity contribution < 1.29 is 0 Å². The second-order valence-corrected chi connectivity index (χ2v) is 3.96. The first-order chi connectivity index (χ1) is 8.86. The summed E-state index contributed by atoms with van der Waals surface area (Å²) in [4.78, 5) is 7.33. The molecular formula is C13H13N5. The Morgan fingerprint density at radius 3 is 2.72 bits per heavy atom. The van der Waals surface area contributed by atoms with Crippen LogP contribution in [0.2, 0.25) is 0 Å². The van der Waals surface area contributed by atoms with Gasteiger partial charge in [0.25, 0.3) is 0 Å². The summed E-state index contributed by atoms with van der Waals surface area (Å²) in [5, 5.41) is 4.34. The van der Waals surface area contributed by atoms with Crippen LogP contribution in [0, 0.1) is 0 Å². The van der Waals surface area contributed by atoms with Gasteiger partial charge in [-0.2, -0.15) is 5.10 Å². The van der Waals surface area contributed by atoms with Gasteiger partial charge in [0.15, 0.2) is 0 Å². The Bertz CT molecular complexity index is 638. The second kappa shape index (κ2) is 4.46. The summed E-state index contributed by atoms with van der Waals surface area (Å²) < 4.78 is 1.83. The predicted molar refractivity (Wildman–Crippen MR) is 69.0 cm³/mol. The van der Waals surface area contributed by atoms with E-state index in [1.54, 1.807) is 12.4 Å². The van der Waals surface area contributed by atoms with E-state index < -0.39 is 0 Å². The van der Waals surface area contributed by atoms with Crippen LogP contribution in [0.1, 0.15) is 5.82 Å². The topological polar surface area (TPSA) is 72.5 Å². The Morgan fingerprint density at radius 1 is 1.17 bits per heavy atom. The maximum absolute atomic E-state index is 5.52. The van der Waals surface area contributed by atoms with Gasteiger partial charge in [-0.15, -0.1) is 0 Å². The van der Waals surface area contributed by atoms with Crippen LogP contribution in [0.5, 0.6) is 0 Å². The second-order valence-electron chi connectivity index (χ2n) is 3.96. The molecule has 0 aliphatic heterocycles. The summed E-state index contributed by atoms with van der Waals surface area (Å²) in [6.45, 7) is 0.410. The number of hydrogen-bond donors (Lipinski definition) is 2. The van der Waals surface area contributed by atoms with Gasteiger partial charge in [0.05, 0.1) is 30.3 Å². The van der Waals surface area contributed by atoms with E-state index in [1.165, 1.54) is 0 Å². The third-order valence-corrected chi connectivity index (χ3v) is 2.74. The number of benzene rings is 1. The SMILES string of the molecule is NCc1ncc(-c2cnn(-c3ccccc3)c2)[nH]1. The maximum atomic E-state index is 5.52.